The highest BCUT2D eigenvalue weighted by Gasteiger charge is 2.48. The number of aromatic amines is 1. The molecule has 0 atom stereocenters. The summed E-state index contributed by atoms with van der Waals surface area (Å²) in [5.74, 6) is -6.25. The van der Waals surface area contributed by atoms with Crippen LogP contribution < -0.4 is 57.2 Å². The first kappa shape index (κ1) is 108. The molecule has 0 spiro atoms. The van der Waals surface area contributed by atoms with E-state index < -0.39 is 154 Å². The van der Waals surface area contributed by atoms with Crippen LogP contribution >= 0.6 is 11.6 Å². The van der Waals surface area contributed by atoms with Crippen molar-refractivity contribution in [2.45, 2.75) is 82.6 Å². The molecule has 57 heteroatoms. The summed E-state index contributed by atoms with van der Waals surface area (Å²) in [5, 5.41) is 26.5. The van der Waals surface area contributed by atoms with Crippen LogP contribution in [0.2, 0.25) is 5.15 Å². The summed E-state index contributed by atoms with van der Waals surface area (Å²) in [6.07, 6.45) is -37.4. The fraction of sp³-hybridized carbons (Fsp3) is 0.225. The van der Waals surface area contributed by atoms with E-state index in [1.165, 1.54) is 130 Å². The van der Waals surface area contributed by atoms with Crippen LogP contribution in [0.4, 0.5) is 134 Å². The van der Waals surface area contributed by atoms with Crippen LogP contribution in [-0.4, -0.2) is 182 Å². The highest BCUT2D eigenvalue weighted by atomic mass is 35.5. The molecule has 5 aromatic carbocycles. The van der Waals surface area contributed by atoms with Crippen LogP contribution in [0.5, 0.6) is 28.7 Å². The number of carbonyl (C=O) groups is 5. The number of hydrogen-bond donors (Lipinski definition) is 5. The van der Waals surface area contributed by atoms with Gasteiger partial charge in [0.15, 0.2) is 17.1 Å². The Hall–Kier alpha value is -16.4. The highest BCUT2D eigenvalue weighted by molar-refractivity contribution is 6.31. The van der Waals surface area contributed by atoms with E-state index in [-0.39, 0.29) is 102 Å². The number of alkyl halides is 20. The van der Waals surface area contributed by atoms with E-state index in [0.717, 1.165) is 101 Å². The Kier molecular flexibility index (Phi) is 36.4. The molecule has 0 aliphatic rings. The smallest absolute Gasteiger partial charge is 0.461 e. The van der Waals surface area contributed by atoms with Crippen molar-refractivity contribution in [3.05, 3.63) is 257 Å². The predicted octanol–water partition coefficient (Wildman–Crippen LogP) is 17.7. The first-order valence-electron chi connectivity index (χ1n) is 37.0. The van der Waals surface area contributed by atoms with Gasteiger partial charge in [0.25, 0.3) is 0 Å². The highest BCUT2D eigenvalue weighted by Crippen LogP contribution is 2.38. The molecule has 0 amide bonds. The summed E-state index contributed by atoms with van der Waals surface area (Å²) >= 11 is 5.43. The van der Waals surface area contributed by atoms with Crippen LogP contribution in [-0.2, 0) is 23.7 Å². The number of H-pyrrole nitrogens is 1. The topological polar surface area (TPSA) is 469 Å². The number of fused-ring (bicyclic) bond motifs is 2. The monoisotopic (exact) mass is 1990 g/mol. The Morgan fingerprint density at radius 3 is 1.13 bits per heavy atom. The second kappa shape index (κ2) is 46.3. The third-order valence-electron chi connectivity index (χ3n) is 16.6. The number of nitro groups is 2. The largest absolute Gasteiger partial charge is 0.465 e. The van der Waals surface area contributed by atoms with Gasteiger partial charge in [0.1, 0.15) is 28.7 Å². The molecule has 36 nitrogen and oxygen atoms in total. The lowest BCUT2D eigenvalue weighted by Crippen LogP contribution is -2.33. The van der Waals surface area contributed by atoms with Crippen molar-refractivity contribution in [3.8, 4) is 40.1 Å². The molecule has 137 heavy (non-hydrogen) atoms. The first-order chi connectivity index (χ1) is 64.1. The number of nitrogens with two attached hydrogens (primary N) is 2. The van der Waals surface area contributed by atoms with E-state index in [4.69, 9.17) is 23.1 Å². The summed E-state index contributed by atoms with van der Waals surface area (Å²) in [7, 11) is 5.84. The van der Waals surface area contributed by atoms with E-state index in [1.54, 1.807) is 13.8 Å². The van der Waals surface area contributed by atoms with E-state index >= 15 is 0 Å². The number of benzene rings is 5. The molecule has 0 aliphatic heterocycles. The fourth-order valence-electron chi connectivity index (χ4n) is 10.6. The molecule has 7 heterocycles. The van der Waals surface area contributed by atoms with Gasteiger partial charge in [-0.3, -0.25) is 24.8 Å². The van der Waals surface area contributed by atoms with Gasteiger partial charge in [-0.15, -0.1) is 0 Å². The molecular formula is C80H64ClF20N15O21. The number of anilines is 6. The number of halogens is 21. The van der Waals surface area contributed by atoms with Crippen molar-refractivity contribution >= 4 is 110 Å². The fourth-order valence-corrected chi connectivity index (χ4v) is 10.7. The van der Waals surface area contributed by atoms with Crippen molar-refractivity contribution in [2.75, 3.05) is 57.6 Å². The molecule has 7 N–H and O–H groups in total. The second-order valence-electron chi connectivity index (χ2n) is 26.5. The van der Waals surface area contributed by atoms with Gasteiger partial charge >= 0.3 is 115 Å². The van der Waals surface area contributed by atoms with Gasteiger partial charge in [-0.2, -0.15) is 87.8 Å². The van der Waals surface area contributed by atoms with Crippen LogP contribution in [0.15, 0.2) is 192 Å². The van der Waals surface area contributed by atoms with Crippen LogP contribution in [0.3, 0.4) is 0 Å². The molecule has 0 aliphatic carbocycles. The maximum atomic E-state index is 13.3. The van der Waals surface area contributed by atoms with Gasteiger partial charge in [0, 0.05) is 96.6 Å². The Morgan fingerprint density at radius 1 is 0.416 bits per heavy atom. The lowest BCUT2D eigenvalue weighted by molar-refractivity contribution is -0.385. The van der Waals surface area contributed by atoms with Crippen molar-refractivity contribution in [1.29, 1.82) is 0 Å². The zero-order valence-electron chi connectivity index (χ0n) is 69.9. The third-order valence-corrected chi connectivity index (χ3v) is 16.9. The number of carbonyl (C=O) groups excluding carboxylic acids is 5. The van der Waals surface area contributed by atoms with Crippen molar-refractivity contribution < 1.29 is 169 Å². The van der Waals surface area contributed by atoms with Crippen LogP contribution in [0.1, 0.15) is 71.7 Å². The van der Waals surface area contributed by atoms with Crippen molar-refractivity contribution in [2.24, 2.45) is 0 Å². The van der Waals surface area contributed by atoms with Gasteiger partial charge in [-0.05, 0) is 92.7 Å². The summed E-state index contributed by atoms with van der Waals surface area (Å²) in [5.41, 5.74) is 10.2. The zero-order chi connectivity index (χ0) is 102. The minimum absolute atomic E-state index is 0.000940. The number of aromatic nitrogens is 9. The predicted molar refractivity (Wildman–Crippen MR) is 438 cm³/mol. The molecule has 0 saturated heterocycles. The van der Waals surface area contributed by atoms with Gasteiger partial charge in [-0.25, -0.2) is 67.6 Å². The molecule has 0 bridgehead atoms. The molecule has 12 aromatic rings. The van der Waals surface area contributed by atoms with Gasteiger partial charge in [0.2, 0.25) is 11.0 Å². The number of pyridine rings is 5. The lowest BCUT2D eigenvalue weighted by Gasteiger charge is -2.17. The quantitative estimate of drug-likeness (QED) is 0.00553. The summed E-state index contributed by atoms with van der Waals surface area (Å²) in [4.78, 5) is 124. The van der Waals surface area contributed by atoms with Gasteiger partial charge in [0.05, 0.1) is 101 Å². The summed E-state index contributed by atoms with van der Waals surface area (Å²) < 4.78 is 297. The molecule has 0 radical (unpaired) electrons. The number of imidazole rings is 2. The number of nitrogens with one attached hydrogen (secondary N) is 3. The van der Waals surface area contributed by atoms with Crippen LogP contribution in [0.25, 0.3) is 33.7 Å². The van der Waals surface area contributed by atoms with E-state index in [2.05, 4.69) is 87.9 Å². The maximum Gasteiger partial charge on any atom is 0.461 e. The Balaban J connectivity index is 0.000000228. The van der Waals surface area contributed by atoms with E-state index in [9.17, 15) is 142 Å². The summed E-state index contributed by atoms with van der Waals surface area (Å²) in [6, 6.07) is 29.4. The molecule has 0 unspecified atom stereocenters. The van der Waals surface area contributed by atoms with Crippen LogP contribution in [0, 0.1) is 20.2 Å². The second-order valence-corrected chi connectivity index (χ2v) is 26.8. The Bertz CT molecular complexity index is 6460. The molecule has 0 fully saturated rings. The number of rotatable bonds is 29. The van der Waals surface area contributed by atoms with E-state index in [1.807, 2.05) is 0 Å². The number of nitrogen functional groups attached to an aromatic ring is 2. The third kappa shape index (κ3) is 28.8. The van der Waals surface area contributed by atoms with Crippen molar-refractivity contribution in [3.63, 3.8) is 0 Å². The average molecular weight is 1990 g/mol. The summed E-state index contributed by atoms with van der Waals surface area (Å²) in [6.45, 7) is 3.47. The number of methoxy groups -OCH3 is 5. The normalized spacial score (nSPS) is 11.4. The van der Waals surface area contributed by atoms with Gasteiger partial charge < -0.3 is 74.5 Å². The van der Waals surface area contributed by atoms with E-state index in [0.29, 0.717) is 5.52 Å². The minimum Gasteiger partial charge on any atom is -0.465 e. The number of esters is 5. The molecule has 0 saturated carbocycles. The Labute approximate surface area is 756 Å². The lowest BCUT2D eigenvalue weighted by atomic mass is 10.2. The molecule has 732 valence electrons. The molecule has 7 aromatic heterocycles. The molecular weight excluding hydrogens is 1920 g/mol. The molecule has 12 rings (SSSR count). The number of ether oxygens (including phenoxy) is 10. The average Bonchev–Trinajstić information content (AvgIpc) is 1.60. The number of nitrogens with zero attached hydrogens (tertiary/aromatic N) is 10. The Morgan fingerprint density at radius 2 is 0.745 bits per heavy atom. The SMILES string of the molecule is COC(=O)c1cnc(Cl)c([N+](=O)[O-])c1.COC(=O)c1cnc(Nc2cccc(OC(F)(F)C(F)F)c2)c(N)c1.COC(=O)c1cnc(Nc2cccc(OC(F)(F)C(F)F)c2)c([N+](=O)[O-])c1.COC(=O)c1cnc2c(c1)[nH]c(=O)n2-c1cccc(OC(F)(F)C(F)F)c1.COC(=O)c1cnc2c(c1)n(C(C)C)c(=O)n2-c1cccc(OC(F)(F)C(F)F)c1.Nc1cccc(OC(F)(F)C(F)F)c1. The number of hydrogen-bond acceptors (Lipinski definition) is 30. The zero-order valence-corrected chi connectivity index (χ0v) is 70.7. The van der Waals surface area contributed by atoms with Crippen molar-refractivity contribution in [1.82, 2.24) is 43.6 Å². The van der Waals surface area contributed by atoms with Gasteiger partial charge in [-0.1, -0.05) is 41.9 Å². The maximum absolute atomic E-state index is 13.3. The first-order valence-corrected chi connectivity index (χ1v) is 37.4. The minimum atomic E-state index is -4.70. The standard InChI is InChI=1S/C19H17F4N3O4.C16H11F4N3O4.C15H11F4N3O5.C15H13F4N3O3.C8H7F4NO.C7H5ClN2O4/c1-10(2)25-14-7-11(16(27)29-3)9-24-15(14)26(18(25)28)12-5-4-6-13(8-12)30-19(22,23)17(20)21;1-26-13(24)8-5-11-12(21-7-8)23(15(25)22-11)9-3-2-4-10(6-9)27-16(19,20)14(17)18;1-26-13(23)8-5-11(22(24)25)12(20-7-8)21-9-3-2-4-10(6-9)27-15(18,19)14(16)17;1-24-13(23)8-5-11(20)12(21-7-8)22-9-3-2-4-10(6-9)25-15(18,19)14(16)17;9-7(10)8(11,12)14-6-3-1-2-5(13)4-6;1-14-7(11)4-2-5(10(12)13)6(8)9-3-4/h4-10,17H,1-3H3;2-7,14H,1H3,(H,22,25);2-7,14H,1H3,(H,20,21);2-7,14H,20H2,1H3,(H,21,22);1-4,7H,13H2;2-3H,1H3.